The Morgan fingerprint density at radius 3 is 2.52 bits per heavy atom. The fourth-order valence-electron chi connectivity index (χ4n) is 4.51. The number of hydrogen-bond donors (Lipinski definition) is 1. The topological polar surface area (TPSA) is 82.6 Å². The molecule has 3 heterocycles. The molecule has 0 aliphatic carbocycles. The van der Waals surface area contributed by atoms with Crippen molar-refractivity contribution in [1.82, 2.24) is 9.55 Å². The number of H-pyrrole nitrogens is 1. The average molecular weight is 441 g/mol. The van der Waals surface area contributed by atoms with Gasteiger partial charge in [-0.2, -0.15) is 0 Å². The Morgan fingerprint density at radius 2 is 1.93 bits per heavy atom. The number of nitrogens with zero attached hydrogens (tertiary/aromatic N) is 1. The molecule has 1 unspecified atom stereocenters. The molecule has 1 aromatic rings. The SMILES string of the molecule is Cc1cn([C@@H]2CC(O[Si](C)(C)C)[C@H](CO[Si]3(C(C)C)CCCC3)O2)c(=O)[nH]c1=O. The number of aryl methyl sites for hydroxylation is 1. The van der Waals surface area contributed by atoms with Crippen LogP contribution in [0.3, 0.4) is 0 Å². The minimum Gasteiger partial charge on any atom is -0.414 e. The second-order valence-electron chi connectivity index (χ2n) is 9.85. The summed E-state index contributed by atoms with van der Waals surface area (Å²) in [5.41, 5.74) is 0.281. The minimum absolute atomic E-state index is 0.106. The van der Waals surface area contributed by atoms with Crippen LogP contribution in [-0.4, -0.2) is 45.0 Å². The largest absolute Gasteiger partial charge is 0.414 e. The lowest BCUT2D eigenvalue weighted by Gasteiger charge is -2.33. The van der Waals surface area contributed by atoms with Crippen LogP contribution in [0.4, 0.5) is 0 Å². The summed E-state index contributed by atoms with van der Waals surface area (Å²) in [5.74, 6) is 0. The minimum atomic E-state index is -1.80. The van der Waals surface area contributed by atoms with Gasteiger partial charge >= 0.3 is 5.69 Å². The standard InChI is InChI=1S/C20H36N2O5Si2/c1-14(2)29(9-7-8-10-29)25-13-17-16(27-28(4,5)6)11-18(26-17)22-12-15(3)19(23)21-20(22)24/h12,14,16-18H,7-11,13H2,1-6H3,(H,21,23,24)/t16?,17-,18-/m0/s1. The average Bonchev–Trinajstić information content (AvgIpc) is 3.23. The van der Waals surface area contributed by atoms with E-state index in [9.17, 15) is 9.59 Å². The molecule has 3 atom stereocenters. The molecule has 2 aliphatic heterocycles. The molecule has 1 N–H and O–H groups in total. The van der Waals surface area contributed by atoms with Crippen LogP contribution in [0.5, 0.6) is 0 Å². The van der Waals surface area contributed by atoms with Crippen molar-refractivity contribution in [2.75, 3.05) is 6.61 Å². The van der Waals surface area contributed by atoms with Crippen molar-refractivity contribution in [2.45, 2.75) is 95.7 Å². The summed E-state index contributed by atoms with van der Waals surface area (Å²) >= 11 is 0. The molecular weight excluding hydrogens is 404 g/mol. The Balaban J connectivity index is 1.79. The number of rotatable bonds is 7. The predicted molar refractivity (Wildman–Crippen MR) is 118 cm³/mol. The maximum absolute atomic E-state index is 12.4. The fourth-order valence-corrected chi connectivity index (χ4v) is 9.89. The molecule has 29 heavy (non-hydrogen) atoms. The van der Waals surface area contributed by atoms with Crippen molar-refractivity contribution in [2.24, 2.45) is 0 Å². The summed E-state index contributed by atoms with van der Waals surface area (Å²) in [6, 6.07) is 2.44. The lowest BCUT2D eigenvalue weighted by molar-refractivity contribution is -0.0404. The second kappa shape index (κ2) is 8.62. The van der Waals surface area contributed by atoms with Crippen molar-refractivity contribution >= 4 is 16.6 Å². The zero-order chi connectivity index (χ0) is 21.4. The summed E-state index contributed by atoms with van der Waals surface area (Å²) in [6.45, 7) is 13.3. The van der Waals surface area contributed by atoms with Gasteiger partial charge < -0.3 is 13.6 Å². The highest BCUT2D eigenvalue weighted by atomic mass is 28.4. The third-order valence-corrected chi connectivity index (χ3v) is 12.4. The number of hydrogen-bond acceptors (Lipinski definition) is 5. The van der Waals surface area contributed by atoms with Gasteiger partial charge in [0.1, 0.15) is 12.3 Å². The van der Waals surface area contributed by atoms with Gasteiger partial charge in [0.15, 0.2) is 16.6 Å². The lowest BCUT2D eigenvalue weighted by atomic mass is 10.2. The van der Waals surface area contributed by atoms with Gasteiger partial charge in [-0.05, 0) is 44.2 Å². The van der Waals surface area contributed by atoms with Gasteiger partial charge in [-0.15, -0.1) is 0 Å². The third kappa shape index (κ3) is 5.19. The van der Waals surface area contributed by atoms with Crippen LogP contribution in [-0.2, 0) is 13.6 Å². The van der Waals surface area contributed by atoms with Gasteiger partial charge in [0.05, 0.1) is 12.7 Å². The molecule has 0 amide bonds. The van der Waals surface area contributed by atoms with E-state index in [-0.39, 0.29) is 17.8 Å². The van der Waals surface area contributed by atoms with Crippen LogP contribution in [0, 0.1) is 6.92 Å². The van der Waals surface area contributed by atoms with Crippen LogP contribution < -0.4 is 11.2 Å². The first-order valence-electron chi connectivity index (χ1n) is 10.8. The summed E-state index contributed by atoms with van der Waals surface area (Å²) in [4.78, 5) is 26.5. The predicted octanol–water partition coefficient (Wildman–Crippen LogP) is 3.52. The van der Waals surface area contributed by atoms with Crippen LogP contribution in [0.15, 0.2) is 15.8 Å². The molecule has 0 bridgehead atoms. The molecule has 0 saturated carbocycles. The maximum atomic E-state index is 12.4. The third-order valence-electron chi connectivity index (χ3n) is 6.18. The Morgan fingerprint density at radius 1 is 1.28 bits per heavy atom. The maximum Gasteiger partial charge on any atom is 0.330 e. The van der Waals surface area contributed by atoms with Crippen LogP contribution in [0.1, 0.15) is 44.9 Å². The van der Waals surface area contributed by atoms with E-state index in [2.05, 4.69) is 38.5 Å². The normalized spacial score (nSPS) is 27.1. The van der Waals surface area contributed by atoms with Crippen LogP contribution in [0.25, 0.3) is 0 Å². The first-order chi connectivity index (χ1) is 13.5. The lowest BCUT2D eigenvalue weighted by Crippen LogP contribution is -2.44. The van der Waals surface area contributed by atoms with Crippen molar-refractivity contribution in [1.29, 1.82) is 0 Å². The van der Waals surface area contributed by atoms with Crippen molar-refractivity contribution < 1.29 is 13.6 Å². The quantitative estimate of drug-likeness (QED) is 0.656. The highest BCUT2D eigenvalue weighted by Gasteiger charge is 2.45. The fraction of sp³-hybridized carbons (Fsp3) is 0.800. The molecule has 0 radical (unpaired) electrons. The number of aromatic amines is 1. The molecule has 2 saturated heterocycles. The smallest absolute Gasteiger partial charge is 0.330 e. The Labute approximate surface area is 175 Å². The van der Waals surface area contributed by atoms with Gasteiger partial charge in [-0.25, -0.2) is 4.79 Å². The van der Waals surface area contributed by atoms with E-state index in [1.165, 1.54) is 29.5 Å². The number of nitrogens with one attached hydrogen (secondary N) is 1. The van der Waals surface area contributed by atoms with Gasteiger partial charge in [-0.1, -0.05) is 26.7 Å². The van der Waals surface area contributed by atoms with Crippen LogP contribution in [0.2, 0.25) is 37.3 Å². The van der Waals surface area contributed by atoms with Crippen LogP contribution >= 0.6 is 0 Å². The highest BCUT2D eigenvalue weighted by Crippen LogP contribution is 2.41. The molecule has 3 rings (SSSR count). The van der Waals surface area contributed by atoms with Gasteiger partial charge in [0, 0.05) is 18.2 Å². The van der Waals surface area contributed by atoms with E-state index < -0.39 is 28.6 Å². The second-order valence-corrected chi connectivity index (χ2v) is 18.9. The van der Waals surface area contributed by atoms with E-state index >= 15 is 0 Å². The van der Waals surface area contributed by atoms with Crippen molar-refractivity contribution in [3.05, 3.63) is 32.6 Å². The molecule has 2 aliphatic rings. The van der Waals surface area contributed by atoms with E-state index in [4.69, 9.17) is 13.6 Å². The summed E-state index contributed by atoms with van der Waals surface area (Å²) < 4.78 is 20.9. The highest BCUT2D eigenvalue weighted by molar-refractivity contribution is 6.75. The van der Waals surface area contributed by atoms with E-state index in [0.29, 0.717) is 24.1 Å². The first kappa shape index (κ1) is 22.7. The molecule has 0 aromatic carbocycles. The monoisotopic (exact) mass is 440 g/mol. The molecule has 0 spiro atoms. The summed E-state index contributed by atoms with van der Waals surface area (Å²) in [5, 5.41) is 0. The van der Waals surface area contributed by atoms with Gasteiger partial charge in [0.2, 0.25) is 0 Å². The molecule has 1 aromatic heterocycles. The van der Waals surface area contributed by atoms with Crippen molar-refractivity contribution in [3.8, 4) is 0 Å². The molecule has 9 heteroatoms. The number of aromatic nitrogens is 2. The van der Waals surface area contributed by atoms with Gasteiger partial charge in [0.25, 0.3) is 5.56 Å². The zero-order valence-electron chi connectivity index (χ0n) is 18.6. The Bertz CT molecular complexity index is 823. The van der Waals surface area contributed by atoms with Crippen molar-refractivity contribution in [3.63, 3.8) is 0 Å². The van der Waals surface area contributed by atoms with E-state index in [1.54, 1.807) is 13.1 Å². The molecule has 2 fully saturated rings. The Kier molecular flexibility index (Phi) is 6.74. The van der Waals surface area contributed by atoms with E-state index in [0.717, 1.165) is 0 Å². The zero-order valence-corrected chi connectivity index (χ0v) is 20.6. The van der Waals surface area contributed by atoms with E-state index in [1.807, 2.05) is 0 Å². The summed E-state index contributed by atoms with van der Waals surface area (Å²) in [7, 11) is -3.53. The molecular formula is C20H36N2O5Si2. The molecule has 164 valence electrons. The summed E-state index contributed by atoms with van der Waals surface area (Å²) in [6.07, 6.45) is 3.94. The van der Waals surface area contributed by atoms with Gasteiger partial charge in [-0.3, -0.25) is 14.3 Å². The molecule has 7 nitrogen and oxygen atoms in total. The first-order valence-corrected chi connectivity index (χ1v) is 16.6. The Hall–Kier alpha value is -1.01. The number of ether oxygens (including phenoxy) is 1.